The highest BCUT2D eigenvalue weighted by molar-refractivity contribution is 5.77. The predicted molar refractivity (Wildman–Crippen MR) is 96.3 cm³/mol. The van der Waals surface area contributed by atoms with Gasteiger partial charge in [-0.05, 0) is 12.1 Å². The van der Waals surface area contributed by atoms with E-state index in [4.69, 9.17) is 14.6 Å². The first kappa shape index (κ1) is 23.4. The molecular formula is C17H22N2O11. The quantitative estimate of drug-likeness (QED) is 0.199. The van der Waals surface area contributed by atoms with Crippen molar-refractivity contribution < 1.29 is 49.5 Å². The number of nitro groups is 1. The minimum atomic E-state index is -2.56. The third kappa shape index (κ3) is 5.01. The smallest absolute Gasteiger partial charge is 0.377 e. The molecule has 0 spiro atoms. The zero-order valence-electron chi connectivity index (χ0n) is 15.7. The predicted octanol–water partition coefficient (Wildman–Crippen LogP) is -1.88. The van der Waals surface area contributed by atoms with Gasteiger partial charge in [-0.2, -0.15) is 0 Å². The van der Waals surface area contributed by atoms with Gasteiger partial charge in [-0.15, -0.1) is 0 Å². The van der Waals surface area contributed by atoms with Crippen molar-refractivity contribution in [3.05, 3.63) is 34.4 Å². The summed E-state index contributed by atoms with van der Waals surface area (Å²) in [4.78, 5) is 33.5. The number of carbonyl (C=O) groups excluding carboxylic acids is 1. The van der Waals surface area contributed by atoms with Gasteiger partial charge in [0.1, 0.15) is 24.1 Å². The van der Waals surface area contributed by atoms with Crippen LogP contribution in [-0.2, 0) is 14.3 Å². The summed E-state index contributed by atoms with van der Waals surface area (Å²) < 4.78 is 10.8. The van der Waals surface area contributed by atoms with Crippen molar-refractivity contribution in [1.29, 1.82) is 0 Å². The van der Waals surface area contributed by atoms with Gasteiger partial charge in [0.25, 0.3) is 5.69 Å². The Kier molecular flexibility index (Phi) is 7.28. The van der Waals surface area contributed by atoms with E-state index < -0.39 is 66.1 Å². The number of carboxylic acids is 1. The lowest BCUT2D eigenvalue weighted by molar-refractivity contribution is -0.384. The molecule has 13 nitrogen and oxygen atoms in total. The molecule has 6 atom stereocenters. The summed E-state index contributed by atoms with van der Waals surface area (Å²) in [6.45, 7) is 0.207. The molecule has 166 valence electrons. The Bertz CT molecular complexity index is 786. The fraction of sp³-hybridized carbons (Fsp3) is 0.529. The average Bonchev–Trinajstić information content (AvgIpc) is 2.68. The maximum atomic E-state index is 12.0. The van der Waals surface area contributed by atoms with Crippen LogP contribution in [0.4, 0.5) is 5.69 Å². The Morgan fingerprint density at radius 2 is 1.97 bits per heavy atom. The first-order chi connectivity index (χ1) is 14.0. The summed E-state index contributed by atoms with van der Waals surface area (Å²) in [6.07, 6.45) is -7.65. The summed E-state index contributed by atoms with van der Waals surface area (Å²) in [5, 5.41) is 62.5. The molecule has 0 aromatic heterocycles. The van der Waals surface area contributed by atoms with E-state index in [9.17, 15) is 40.1 Å². The number of aliphatic hydroxyl groups excluding tert-OH is 4. The zero-order valence-corrected chi connectivity index (χ0v) is 15.7. The molecule has 13 heteroatoms. The number of hydrogen-bond acceptors (Lipinski definition) is 10. The number of nitrogens with zero attached hydrogens (tertiary/aromatic N) is 1. The number of rotatable bonds is 8. The number of hydrogen-bond donors (Lipinski definition) is 6. The van der Waals surface area contributed by atoms with Crippen LogP contribution in [0.25, 0.3) is 0 Å². The number of carbonyl (C=O) groups is 2. The maximum absolute atomic E-state index is 12.0. The molecule has 30 heavy (non-hydrogen) atoms. The molecule has 1 amide bonds. The van der Waals surface area contributed by atoms with Crippen LogP contribution in [-0.4, -0.2) is 85.2 Å². The van der Waals surface area contributed by atoms with E-state index in [1.165, 1.54) is 0 Å². The molecule has 2 rings (SSSR count). The highest BCUT2D eigenvalue weighted by Gasteiger charge is 2.56. The van der Waals surface area contributed by atoms with Gasteiger partial charge in [-0.25, -0.2) is 4.79 Å². The van der Waals surface area contributed by atoms with Gasteiger partial charge in [0.05, 0.1) is 30.1 Å². The molecular weight excluding hydrogens is 408 g/mol. The van der Waals surface area contributed by atoms with Crippen LogP contribution in [0, 0.1) is 10.1 Å². The number of nitrogens with one attached hydrogen (secondary N) is 1. The summed E-state index contributed by atoms with van der Waals surface area (Å²) in [5.74, 6) is -5.04. The fourth-order valence-electron chi connectivity index (χ4n) is 3.06. The number of non-ortho nitro benzene ring substituents is 1. The van der Waals surface area contributed by atoms with Crippen molar-refractivity contribution in [1.82, 2.24) is 5.32 Å². The van der Waals surface area contributed by atoms with E-state index in [0.29, 0.717) is 0 Å². The molecule has 1 fully saturated rings. The minimum Gasteiger partial charge on any atom is -0.476 e. The average molecular weight is 430 g/mol. The molecule has 1 heterocycles. The highest BCUT2D eigenvalue weighted by Crippen LogP contribution is 2.35. The van der Waals surface area contributed by atoms with E-state index in [0.717, 1.165) is 31.2 Å². The SMILES string of the molecule is CC(=O)N[C@H]1[C@@H]([C@H](O)[C@@H](O)CO)O[C@@](Oc2ccc([N+](=O)[O-])cc2)(C(=O)O)C[C@H]1O. The van der Waals surface area contributed by atoms with E-state index >= 15 is 0 Å². The van der Waals surface area contributed by atoms with E-state index in [2.05, 4.69) is 5.32 Å². The van der Waals surface area contributed by atoms with Crippen LogP contribution >= 0.6 is 0 Å². The van der Waals surface area contributed by atoms with Crippen LogP contribution < -0.4 is 10.1 Å². The topological polar surface area (TPSA) is 209 Å². The number of carboxylic acid groups (broad SMARTS) is 1. The molecule has 0 unspecified atom stereocenters. The lowest BCUT2D eigenvalue weighted by Crippen LogP contribution is -2.68. The first-order valence-electron chi connectivity index (χ1n) is 8.77. The van der Waals surface area contributed by atoms with E-state index in [-0.39, 0.29) is 11.4 Å². The number of benzene rings is 1. The largest absolute Gasteiger partial charge is 0.476 e. The zero-order chi connectivity index (χ0) is 22.6. The van der Waals surface area contributed by atoms with Crippen molar-refractivity contribution in [3.63, 3.8) is 0 Å². The van der Waals surface area contributed by atoms with Crippen LogP contribution in [0.1, 0.15) is 13.3 Å². The van der Waals surface area contributed by atoms with Gasteiger partial charge in [0, 0.05) is 19.1 Å². The molecule has 0 radical (unpaired) electrons. The second-order valence-corrected chi connectivity index (χ2v) is 6.73. The number of aliphatic carboxylic acids is 1. The number of aliphatic hydroxyl groups is 4. The monoisotopic (exact) mass is 430 g/mol. The Labute approximate surface area is 169 Å². The third-order valence-electron chi connectivity index (χ3n) is 4.52. The Hall–Kier alpha value is -2.84. The van der Waals surface area contributed by atoms with E-state index in [1.54, 1.807) is 0 Å². The van der Waals surface area contributed by atoms with Gasteiger partial charge in [-0.3, -0.25) is 14.9 Å². The van der Waals surface area contributed by atoms with Gasteiger partial charge in [0.2, 0.25) is 5.91 Å². The van der Waals surface area contributed by atoms with Crippen LogP contribution in [0.2, 0.25) is 0 Å². The molecule has 1 aliphatic heterocycles. The molecule has 0 saturated carbocycles. The first-order valence-corrected chi connectivity index (χ1v) is 8.77. The molecule has 1 aliphatic rings. The van der Waals surface area contributed by atoms with Gasteiger partial charge >= 0.3 is 11.8 Å². The van der Waals surface area contributed by atoms with Gasteiger partial charge < -0.3 is 40.3 Å². The minimum absolute atomic E-state index is 0.149. The highest BCUT2D eigenvalue weighted by atomic mass is 16.7. The Morgan fingerprint density at radius 1 is 1.37 bits per heavy atom. The van der Waals surface area contributed by atoms with Crippen molar-refractivity contribution in [2.24, 2.45) is 0 Å². The molecule has 6 N–H and O–H groups in total. The molecule has 0 bridgehead atoms. The summed E-state index contributed by atoms with van der Waals surface area (Å²) >= 11 is 0. The van der Waals surface area contributed by atoms with Crippen LogP contribution in [0.15, 0.2) is 24.3 Å². The normalized spacial score (nSPS) is 28.2. The van der Waals surface area contributed by atoms with Gasteiger partial charge in [-0.1, -0.05) is 0 Å². The molecule has 0 aliphatic carbocycles. The van der Waals surface area contributed by atoms with E-state index in [1.807, 2.05) is 0 Å². The molecule has 1 aromatic rings. The second-order valence-electron chi connectivity index (χ2n) is 6.73. The lowest BCUT2D eigenvalue weighted by atomic mass is 9.88. The second kappa shape index (κ2) is 9.32. The van der Waals surface area contributed by atoms with Crippen molar-refractivity contribution in [3.8, 4) is 5.75 Å². The third-order valence-corrected chi connectivity index (χ3v) is 4.52. The van der Waals surface area contributed by atoms with Crippen molar-refractivity contribution in [2.45, 2.75) is 49.6 Å². The Morgan fingerprint density at radius 3 is 2.43 bits per heavy atom. The number of nitro benzene ring substituents is 1. The summed E-state index contributed by atoms with van der Waals surface area (Å²) in [5.41, 5.74) is -0.276. The number of amides is 1. The standard InChI is InChI=1S/C17H22N2O11/c1-8(21)18-13-11(22)6-17(16(25)26,30-15(13)14(24)12(23)7-20)29-10-4-2-9(3-5-10)19(27)28/h2-5,11-15,20,22-24H,6-7H2,1H3,(H,18,21)(H,25,26)/t11-,12+,13-,14-,15+,17-/m1/s1. The maximum Gasteiger partial charge on any atom is 0.377 e. The van der Waals surface area contributed by atoms with Gasteiger partial charge in [0.15, 0.2) is 0 Å². The van der Waals surface area contributed by atoms with Crippen LogP contribution in [0.5, 0.6) is 5.75 Å². The van der Waals surface area contributed by atoms with Crippen LogP contribution in [0.3, 0.4) is 0 Å². The van der Waals surface area contributed by atoms with Crippen molar-refractivity contribution >= 4 is 17.6 Å². The summed E-state index contributed by atoms with van der Waals surface area (Å²) in [7, 11) is 0. The number of ether oxygens (including phenoxy) is 2. The lowest BCUT2D eigenvalue weighted by Gasteiger charge is -2.46. The van der Waals surface area contributed by atoms with Crippen molar-refractivity contribution in [2.75, 3.05) is 6.61 Å². The molecule has 1 saturated heterocycles. The Balaban J connectivity index is 2.40. The fourth-order valence-corrected chi connectivity index (χ4v) is 3.06. The molecule has 1 aromatic carbocycles. The summed E-state index contributed by atoms with van der Waals surface area (Å²) in [6, 6.07) is 3.03.